The van der Waals surface area contributed by atoms with E-state index in [4.69, 9.17) is 4.74 Å². The second kappa shape index (κ2) is 9.83. The van der Waals surface area contributed by atoms with Crippen molar-refractivity contribution in [2.45, 2.75) is 20.4 Å². The average Bonchev–Trinajstić information content (AvgIpc) is 3.11. The summed E-state index contributed by atoms with van der Waals surface area (Å²) in [5, 5.41) is 5.23. The molecule has 0 aliphatic rings. The van der Waals surface area contributed by atoms with Gasteiger partial charge in [-0.2, -0.15) is 5.10 Å². The Morgan fingerprint density at radius 3 is 2.62 bits per heavy atom. The molecule has 1 heterocycles. The lowest BCUT2D eigenvalue weighted by Crippen LogP contribution is -2.24. The molecular weight excluding hydrogens is 466 g/mol. The molecule has 162 valence electrons. The number of halogens is 1. The number of para-hydroxylation sites is 1. The van der Waals surface area contributed by atoms with Crippen LogP contribution in [-0.2, 0) is 11.3 Å². The number of nitrogens with zero attached hydrogens (tertiary/aromatic N) is 2. The van der Waals surface area contributed by atoms with Crippen LogP contribution in [0.5, 0.6) is 5.75 Å². The summed E-state index contributed by atoms with van der Waals surface area (Å²) in [6, 6.07) is 22.5. The first-order valence-electron chi connectivity index (χ1n) is 10.3. The molecule has 3 aromatic carbocycles. The quantitative estimate of drug-likeness (QED) is 0.271. The predicted molar refractivity (Wildman–Crippen MR) is 132 cm³/mol. The van der Waals surface area contributed by atoms with Crippen molar-refractivity contribution in [1.82, 2.24) is 9.99 Å². The number of aromatic nitrogens is 1. The van der Waals surface area contributed by atoms with E-state index in [9.17, 15) is 4.79 Å². The Hall–Kier alpha value is -3.38. The molecule has 0 radical (unpaired) electrons. The van der Waals surface area contributed by atoms with Crippen molar-refractivity contribution in [2.75, 3.05) is 6.61 Å². The van der Waals surface area contributed by atoms with Crippen LogP contribution in [0, 0.1) is 13.8 Å². The summed E-state index contributed by atoms with van der Waals surface area (Å²) in [6.45, 7) is 4.62. The number of carbonyl (C=O) groups is 1. The third-order valence-corrected chi connectivity index (χ3v) is 5.72. The molecule has 0 fully saturated rings. The summed E-state index contributed by atoms with van der Waals surface area (Å²) in [4.78, 5) is 12.2. The van der Waals surface area contributed by atoms with Gasteiger partial charge in [-0.25, -0.2) is 5.43 Å². The molecule has 0 atom stereocenters. The Morgan fingerprint density at radius 2 is 1.84 bits per heavy atom. The van der Waals surface area contributed by atoms with E-state index in [2.05, 4.69) is 61.5 Å². The van der Waals surface area contributed by atoms with Crippen molar-refractivity contribution in [2.24, 2.45) is 5.10 Å². The first-order valence-corrected chi connectivity index (χ1v) is 11.1. The summed E-state index contributed by atoms with van der Waals surface area (Å²) in [6.07, 6.45) is 3.73. The van der Waals surface area contributed by atoms with Crippen molar-refractivity contribution < 1.29 is 9.53 Å². The highest BCUT2D eigenvalue weighted by atomic mass is 79.9. The standard InChI is InChI=1S/C26H24BrN3O2/c1-18-12-19(2)26(23(27)13-18)32-17-25(31)29-28-14-21-16-30(15-20-8-4-3-5-9-20)24-11-7-6-10-22(21)24/h3-14,16H,15,17H2,1-2H3,(H,29,31)/b28-14+. The summed E-state index contributed by atoms with van der Waals surface area (Å²) in [7, 11) is 0. The molecule has 6 heteroatoms. The average molecular weight is 490 g/mol. The number of rotatable bonds is 7. The smallest absolute Gasteiger partial charge is 0.277 e. The zero-order valence-corrected chi connectivity index (χ0v) is 19.6. The topological polar surface area (TPSA) is 55.6 Å². The van der Waals surface area contributed by atoms with Crippen LogP contribution in [0.3, 0.4) is 0 Å². The van der Waals surface area contributed by atoms with Crippen LogP contribution in [0.4, 0.5) is 0 Å². The van der Waals surface area contributed by atoms with Gasteiger partial charge in [0.15, 0.2) is 6.61 Å². The van der Waals surface area contributed by atoms with Crippen LogP contribution in [0.15, 0.2) is 82.5 Å². The van der Waals surface area contributed by atoms with Crippen LogP contribution < -0.4 is 10.2 Å². The molecule has 32 heavy (non-hydrogen) atoms. The Balaban J connectivity index is 1.43. The molecule has 0 spiro atoms. The van der Waals surface area contributed by atoms with Crippen LogP contribution in [0.2, 0.25) is 0 Å². The maximum absolute atomic E-state index is 12.2. The molecule has 1 amide bonds. The second-order valence-electron chi connectivity index (χ2n) is 7.69. The number of amides is 1. The minimum absolute atomic E-state index is 0.115. The lowest BCUT2D eigenvalue weighted by Gasteiger charge is -2.11. The van der Waals surface area contributed by atoms with Gasteiger partial charge < -0.3 is 9.30 Å². The number of nitrogens with one attached hydrogen (secondary N) is 1. The van der Waals surface area contributed by atoms with Crippen LogP contribution in [-0.4, -0.2) is 23.3 Å². The molecule has 0 saturated heterocycles. The van der Waals surface area contributed by atoms with E-state index in [0.29, 0.717) is 5.75 Å². The van der Waals surface area contributed by atoms with Crippen LogP contribution in [0.25, 0.3) is 10.9 Å². The zero-order chi connectivity index (χ0) is 22.5. The number of carbonyl (C=O) groups excluding carboxylic acids is 1. The number of hydrogen-bond acceptors (Lipinski definition) is 3. The van der Waals surface area contributed by atoms with Gasteiger partial charge in [-0.15, -0.1) is 0 Å². The molecule has 0 saturated carbocycles. The fourth-order valence-electron chi connectivity index (χ4n) is 3.72. The SMILES string of the molecule is Cc1cc(C)c(OCC(=O)N/N=C/c2cn(Cc3ccccc3)c3ccccc23)c(Br)c1. The summed E-state index contributed by atoms with van der Waals surface area (Å²) in [5.41, 5.74) is 7.93. The zero-order valence-electron chi connectivity index (χ0n) is 18.0. The first kappa shape index (κ1) is 21.8. The first-order chi connectivity index (χ1) is 15.5. The number of benzene rings is 3. The maximum atomic E-state index is 12.2. The van der Waals surface area contributed by atoms with Crippen molar-refractivity contribution >= 4 is 39.0 Å². The van der Waals surface area contributed by atoms with E-state index < -0.39 is 0 Å². The Kier molecular flexibility index (Phi) is 6.71. The molecule has 4 rings (SSSR count). The van der Waals surface area contributed by atoms with Crippen LogP contribution >= 0.6 is 15.9 Å². The largest absolute Gasteiger partial charge is 0.482 e. The monoisotopic (exact) mass is 489 g/mol. The summed E-state index contributed by atoms with van der Waals surface area (Å²) in [5.74, 6) is 0.347. The van der Waals surface area contributed by atoms with Gasteiger partial charge >= 0.3 is 0 Å². The van der Waals surface area contributed by atoms with Crippen molar-refractivity contribution in [3.8, 4) is 5.75 Å². The number of hydrogen-bond donors (Lipinski definition) is 1. The Labute approximate surface area is 195 Å². The van der Waals surface area contributed by atoms with E-state index in [1.807, 2.05) is 56.3 Å². The van der Waals surface area contributed by atoms with E-state index in [1.54, 1.807) is 6.21 Å². The molecule has 0 bridgehead atoms. The van der Waals surface area contributed by atoms with E-state index in [0.717, 1.165) is 38.6 Å². The number of hydrazone groups is 1. The van der Waals surface area contributed by atoms with Gasteiger partial charge in [0, 0.05) is 29.2 Å². The molecule has 0 aliphatic heterocycles. The maximum Gasteiger partial charge on any atom is 0.277 e. The molecule has 1 N–H and O–H groups in total. The van der Waals surface area contributed by atoms with Gasteiger partial charge in [-0.05, 0) is 58.6 Å². The Morgan fingerprint density at radius 1 is 1.09 bits per heavy atom. The van der Waals surface area contributed by atoms with Gasteiger partial charge in [-0.1, -0.05) is 54.6 Å². The minimum atomic E-state index is -0.318. The van der Waals surface area contributed by atoms with E-state index >= 15 is 0 Å². The molecular formula is C26H24BrN3O2. The highest BCUT2D eigenvalue weighted by molar-refractivity contribution is 9.10. The number of aryl methyl sites for hydroxylation is 2. The third-order valence-electron chi connectivity index (χ3n) is 5.13. The lowest BCUT2D eigenvalue weighted by molar-refractivity contribution is -0.123. The summed E-state index contributed by atoms with van der Waals surface area (Å²) >= 11 is 3.49. The van der Waals surface area contributed by atoms with Crippen molar-refractivity contribution in [3.05, 3.63) is 99.7 Å². The minimum Gasteiger partial charge on any atom is -0.482 e. The highest BCUT2D eigenvalue weighted by Crippen LogP contribution is 2.30. The van der Waals surface area contributed by atoms with Gasteiger partial charge in [0.1, 0.15) is 5.75 Å². The molecule has 5 nitrogen and oxygen atoms in total. The predicted octanol–water partition coefficient (Wildman–Crippen LogP) is 5.60. The number of fused-ring (bicyclic) bond motifs is 1. The second-order valence-corrected chi connectivity index (χ2v) is 8.54. The third kappa shape index (κ3) is 5.08. The normalized spacial score (nSPS) is 11.2. The fraction of sp³-hybridized carbons (Fsp3) is 0.154. The molecule has 1 aromatic heterocycles. The fourth-order valence-corrected chi connectivity index (χ4v) is 4.51. The highest BCUT2D eigenvalue weighted by Gasteiger charge is 2.10. The Bertz CT molecular complexity index is 1260. The summed E-state index contributed by atoms with van der Waals surface area (Å²) < 4.78 is 8.71. The van der Waals surface area contributed by atoms with Crippen molar-refractivity contribution in [1.29, 1.82) is 0 Å². The molecule has 0 aliphatic carbocycles. The van der Waals surface area contributed by atoms with Gasteiger partial charge in [-0.3, -0.25) is 4.79 Å². The van der Waals surface area contributed by atoms with E-state index in [1.165, 1.54) is 5.56 Å². The molecule has 0 unspecified atom stereocenters. The van der Waals surface area contributed by atoms with Crippen LogP contribution in [0.1, 0.15) is 22.3 Å². The molecule has 4 aromatic rings. The lowest BCUT2D eigenvalue weighted by atomic mass is 10.1. The van der Waals surface area contributed by atoms with Gasteiger partial charge in [0.2, 0.25) is 0 Å². The van der Waals surface area contributed by atoms with E-state index in [-0.39, 0.29) is 12.5 Å². The van der Waals surface area contributed by atoms with Gasteiger partial charge in [0.05, 0.1) is 10.7 Å². The van der Waals surface area contributed by atoms with Gasteiger partial charge in [0.25, 0.3) is 5.91 Å². The number of ether oxygens (including phenoxy) is 1. The van der Waals surface area contributed by atoms with Crippen molar-refractivity contribution in [3.63, 3.8) is 0 Å².